The SMILES string of the molecule is O=C(NO[C@H]1CN[C@H](C(=O)O)C1)c1ccccc1. The monoisotopic (exact) mass is 250 g/mol. The Labute approximate surface area is 104 Å². The number of carboxylic acid groups (broad SMARTS) is 1. The second-order valence-corrected chi connectivity index (χ2v) is 4.07. The zero-order valence-electron chi connectivity index (χ0n) is 9.63. The van der Waals surface area contributed by atoms with Gasteiger partial charge in [0, 0.05) is 18.5 Å². The quantitative estimate of drug-likeness (QED) is 0.663. The number of hydrogen-bond acceptors (Lipinski definition) is 4. The molecule has 0 aliphatic carbocycles. The number of benzene rings is 1. The van der Waals surface area contributed by atoms with Crippen LogP contribution in [0.5, 0.6) is 0 Å². The van der Waals surface area contributed by atoms with Gasteiger partial charge in [0.05, 0.1) is 6.10 Å². The number of hydrogen-bond donors (Lipinski definition) is 3. The van der Waals surface area contributed by atoms with E-state index in [1.807, 2.05) is 6.07 Å². The fourth-order valence-corrected chi connectivity index (χ4v) is 1.77. The zero-order chi connectivity index (χ0) is 13.0. The van der Waals surface area contributed by atoms with Crippen LogP contribution in [0, 0.1) is 0 Å². The molecule has 18 heavy (non-hydrogen) atoms. The standard InChI is InChI=1S/C12H14N2O4/c15-11(8-4-2-1-3-5-8)14-18-9-6-10(12(16)17)13-7-9/h1-5,9-10,13H,6-7H2,(H,14,15)(H,16,17)/t9-,10+/m1/s1. The topological polar surface area (TPSA) is 87.7 Å². The van der Waals surface area contributed by atoms with Crippen molar-refractivity contribution < 1.29 is 19.5 Å². The Morgan fingerprint density at radius 2 is 2.06 bits per heavy atom. The first kappa shape index (κ1) is 12.5. The summed E-state index contributed by atoms with van der Waals surface area (Å²) < 4.78 is 0. The molecule has 6 nitrogen and oxygen atoms in total. The molecule has 96 valence electrons. The van der Waals surface area contributed by atoms with Crippen molar-refractivity contribution in [1.29, 1.82) is 0 Å². The van der Waals surface area contributed by atoms with Gasteiger partial charge in [-0.25, -0.2) is 5.48 Å². The fraction of sp³-hybridized carbons (Fsp3) is 0.333. The van der Waals surface area contributed by atoms with Crippen LogP contribution in [0.4, 0.5) is 0 Å². The van der Waals surface area contributed by atoms with Gasteiger partial charge in [-0.2, -0.15) is 0 Å². The van der Waals surface area contributed by atoms with Crippen LogP contribution >= 0.6 is 0 Å². The second kappa shape index (κ2) is 5.61. The van der Waals surface area contributed by atoms with Crippen molar-refractivity contribution in [2.45, 2.75) is 18.6 Å². The highest BCUT2D eigenvalue weighted by atomic mass is 16.7. The van der Waals surface area contributed by atoms with E-state index in [0.29, 0.717) is 18.5 Å². The Bertz CT molecular complexity index is 435. The van der Waals surface area contributed by atoms with Crippen LogP contribution in [0.1, 0.15) is 16.8 Å². The molecule has 6 heteroatoms. The summed E-state index contributed by atoms with van der Waals surface area (Å²) in [6.07, 6.45) is 0.0171. The van der Waals surface area contributed by atoms with Crippen LogP contribution in [0.3, 0.4) is 0 Å². The summed E-state index contributed by atoms with van der Waals surface area (Å²) in [5.41, 5.74) is 2.83. The average Bonchev–Trinajstić information content (AvgIpc) is 2.86. The largest absolute Gasteiger partial charge is 0.480 e. The molecule has 0 bridgehead atoms. The number of hydroxylamine groups is 1. The van der Waals surface area contributed by atoms with Gasteiger partial charge in [0.15, 0.2) is 0 Å². The van der Waals surface area contributed by atoms with Crippen molar-refractivity contribution in [3.8, 4) is 0 Å². The third kappa shape index (κ3) is 3.06. The summed E-state index contributed by atoms with van der Waals surface area (Å²) in [5.74, 6) is -1.25. The van der Waals surface area contributed by atoms with Gasteiger partial charge >= 0.3 is 5.97 Å². The molecule has 1 aliphatic heterocycles. The van der Waals surface area contributed by atoms with Gasteiger partial charge in [0.25, 0.3) is 5.91 Å². The molecule has 2 atom stereocenters. The maximum absolute atomic E-state index is 11.6. The van der Waals surface area contributed by atoms with Crippen molar-refractivity contribution in [1.82, 2.24) is 10.8 Å². The first-order chi connectivity index (χ1) is 8.66. The van der Waals surface area contributed by atoms with Crippen LogP contribution in [0.15, 0.2) is 30.3 Å². The van der Waals surface area contributed by atoms with Gasteiger partial charge in [-0.05, 0) is 12.1 Å². The van der Waals surface area contributed by atoms with Crippen molar-refractivity contribution in [2.75, 3.05) is 6.54 Å². The van der Waals surface area contributed by atoms with E-state index in [1.54, 1.807) is 24.3 Å². The summed E-state index contributed by atoms with van der Waals surface area (Å²) in [7, 11) is 0. The highest BCUT2D eigenvalue weighted by molar-refractivity contribution is 5.93. The number of nitrogens with one attached hydrogen (secondary N) is 2. The zero-order valence-corrected chi connectivity index (χ0v) is 9.63. The molecular formula is C12H14N2O4. The van der Waals surface area contributed by atoms with Crippen LogP contribution in [-0.4, -0.2) is 35.7 Å². The lowest BCUT2D eigenvalue weighted by Crippen LogP contribution is -2.30. The Balaban J connectivity index is 1.79. The normalized spacial score (nSPS) is 22.7. The molecule has 1 aromatic rings. The Hall–Kier alpha value is -1.92. The summed E-state index contributed by atoms with van der Waals surface area (Å²) >= 11 is 0. The lowest BCUT2D eigenvalue weighted by Gasteiger charge is -2.10. The van der Waals surface area contributed by atoms with E-state index < -0.39 is 12.0 Å². The van der Waals surface area contributed by atoms with Crippen LogP contribution < -0.4 is 10.8 Å². The van der Waals surface area contributed by atoms with Gasteiger partial charge < -0.3 is 10.4 Å². The maximum Gasteiger partial charge on any atom is 0.320 e. The highest BCUT2D eigenvalue weighted by Gasteiger charge is 2.30. The molecule has 1 amide bonds. The lowest BCUT2D eigenvalue weighted by molar-refractivity contribution is -0.139. The minimum absolute atomic E-state index is 0.321. The second-order valence-electron chi connectivity index (χ2n) is 4.07. The summed E-state index contributed by atoms with van der Waals surface area (Å²) in [6.45, 7) is 0.409. The predicted molar refractivity (Wildman–Crippen MR) is 62.8 cm³/mol. The molecule has 1 fully saturated rings. The Kier molecular flexibility index (Phi) is 3.91. The molecule has 1 saturated heterocycles. The molecular weight excluding hydrogens is 236 g/mol. The Morgan fingerprint density at radius 3 is 2.67 bits per heavy atom. The van der Waals surface area contributed by atoms with E-state index in [1.165, 1.54) is 0 Å². The molecule has 1 aliphatic rings. The number of aliphatic carboxylic acids is 1. The van der Waals surface area contributed by atoms with Crippen LogP contribution in [0.25, 0.3) is 0 Å². The maximum atomic E-state index is 11.6. The Morgan fingerprint density at radius 1 is 1.33 bits per heavy atom. The number of rotatable bonds is 4. The molecule has 0 radical (unpaired) electrons. The first-order valence-corrected chi connectivity index (χ1v) is 5.64. The average molecular weight is 250 g/mol. The minimum atomic E-state index is -0.907. The lowest BCUT2D eigenvalue weighted by atomic mass is 10.2. The van der Waals surface area contributed by atoms with E-state index in [4.69, 9.17) is 9.94 Å². The molecule has 3 N–H and O–H groups in total. The molecule has 0 aromatic heterocycles. The number of carboxylic acids is 1. The van der Waals surface area contributed by atoms with Gasteiger partial charge in [-0.15, -0.1) is 0 Å². The number of carbonyl (C=O) groups excluding carboxylic acids is 1. The molecule has 2 rings (SSSR count). The van der Waals surface area contributed by atoms with Crippen LogP contribution in [-0.2, 0) is 9.63 Å². The number of amides is 1. The van der Waals surface area contributed by atoms with Crippen molar-refractivity contribution in [3.63, 3.8) is 0 Å². The van der Waals surface area contributed by atoms with Crippen molar-refractivity contribution in [3.05, 3.63) is 35.9 Å². The molecule has 1 heterocycles. The molecule has 0 saturated carbocycles. The van der Waals surface area contributed by atoms with E-state index in [0.717, 1.165) is 0 Å². The first-order valence-electron chi connectivity index (χ1n) is 5.64. The fourth-order valence-electron chi connectivity index (χ4n) is 1.77. The van der Waals surface area contributed by atoms with E-state index >= 15 is 0 Å². The van der Waals surface area contributed by atoms with Crippen molar-refractivity contribution in [2.24, 2.45) is 0 Å². The molecule has 0 unspecified atom stereocenters. The highest BCUT2D eigenvalue weighted by Crippen LogP contribution is 2.09. The van der Waals surface area contributed by atoms with E-state index in [-0.39, 0.29) is 12.0 Å². The summed E-state index contributed by atoms with van der Waals surface area (Å²) in [4.78, 5) is 27.5. The molecule has 0 spiro atoms. The van der Waals surface area contributed by atoms with Gasteiger partial charge in [-0.3, -0.25) is 14.4 Å². The number of carbonyl (C=O) groups is 2. The van der Waals surface area contributed by atoms with Gasteiger partial charge in [0.1, 0.15) is 6.04 Å². The smallest absolute Gasteiger partial charge is 0.320 e. The predicted octanol–water partition coefficient (Wildman–Crippen LogP) is 0.163. The van der Waals surface area contributed by atoms with E-state index in [9.17, 15) is 9.59 Å². The minimum Gasteiger partial charge on any atom is -0.480 e. The summed E-state index contributed by atoms with van der Waals surface area (Å²) in [6, 6.07) is 8.07. The van der Waals surface area contributed by atoms with Gasteiger partial charge in [0.2, 0.25) is 0 Å². The van der Waals surface area contributed by atoms with E-state index in [2.05, 4.69) is 10.8 Å². The van der Waals surface area contributed by atoms with Crippen molar-refractivity contribution >= 4 is 11.9 Å². The van der Waals surface area contributed by atoms with Gasteiger partial charge in [-0.1, -0.05) is 18.2 Å². The molecule has 1 aromatic carbocycles. The third-order valence-electron chi connectivity index (χ3n) is 2.74. The third-order valence-corrected chi connectivity index (χ3v) is 2.74. The summed E-state index contributed by atoms with van der Waals surface area (Å²) in [5, 5.41) is 11.6. The van der Waals surface area contributed by atoms with Crippen LogP contribution in [0.2, 0.25) is 0 Å².